The topological polar surface area (TPSA) is 0 Å². The highest BCUT2D eigenvalue weighted by atomic mass is 14.1. The molecule has 0 aromatic carbocycles. The van der Waals surface area contributed by atoms with Gasteiger partial charge in [-0.05, 0) is 57.9 Å². The standard InChI is InChI=1S/C19H30/c1-6-11-14-17(8-3)15-12-16-19(10-5)18(9-4)13-7-2/h6-9,11,13-14,19H,1,10,12,15-16H2,2-5H3/b13-7-,14-11-,17-8+,18-9+. The first-order chi connectivity index (χ1) is 9.23. The van der Waals surface area contributed by atoms with Gasteiger partial charge in [0.05, 0.1) is 0 Å². The maximum atomic E-state index is 3.71. The van der Waals surface area contributed by atoms with Crippen LogP contribution >= 0.6 is 0 Å². The van der Waals surface area contributed by atoms with E-state index in [2.05, 4.69) is 64.7 Å². The van der Waals surface area contributed by atoms with Crippen LogP contribution in [0.25, 0.3) is 0 Å². The summed E-state index contributed by atoms with van der Waals surface area (Å²) in [6.07, 6.45) is 19.7. The molecule has 1 unspecified atom stereocenters. The Hall–Kier alpha value is -1.30. The lowest BCUT2D eigenvalue weighted by atomic mass is 9.89. The van der Waals surface area contributed by atoms with Crippen molar-refractivity contribution in [1.82, 2.24) is 0 Å². The molecule has 0 bridgehead atoms. The van der Waals surface area contributed by atoms with Crippen molar-refractivity contribution in [3.63, 3.8) is 0 Å². The Morgan fingerprint density at radius 1 is 1.11 bits per heavy atom. The molecule has 0 aromatic heterocycles. The Labute approximate surface area is 120 Å². The summed E-state index contributed by atoms with van der Waals surface area (Å²) in [5, 5.41) is 0. The normalized spacial score (nSPS) is 15.4. The van der Waals surface area contributed by atoms with Gasteiger partial charge in [-0.3, -0.25) is 0 Å². The Kier molecular flexibility index (Phi) is 11.0. The van der Waals surface area contributed by atoms with Crippen LogP contribution in [-0.4, -0.2) is 0 Å². The van der Waals surface area contributed by atoms with E-state index in [1.54, 1.807) is 0 Å². The van der Waals surface area contributed by atoms with Crippen LogP contribution in [0.4, 0.5) is 0 Å². The third-order valence-corrected chi connectivity index (χ3v) is 3.49. The second-order valence-corrected chi connectivity index (χ2v) is 4.74. The van der Waals surface area contributed by atoms with Crippen molar-refractivity contribution >= 4 is 0 Å². The smallest absolute Gasteiger partial charge is 0.0168 e. The zero-order valence-corrected chi connectivity index (χ0v) is 13.2. The van der Waals surface area contributed by atoms with Crippen molar-refractivity contribution in [2.75, 3.05) is 0 Å². The highest BCUT2D eigenvalue weighted by molar-refractivity contribution is 5.22. The molecule has 1 atom stereocenters. The predicted molar refractivity (Wildman–Crippen MR) is 89.3 cm³/mol. The summed E-state index contributed by atoms with van der Waals surface area (Å²) in [5.41, 5.74) is 2.89. The van der Waals surface area contributed by atoms with E-state index >= 15 is 0 Å². The Morgan fingerprint density at radius 3 is 2.32 bits per heavy atom. The first-order valence-electron chi connectivity index (χ1n) is 7.46. The predicted octanol–water partition coefficient (Wildman–Crippen LogP) is 6.39. The number of hydrogen-bond donors (Lipinski definition) is 0. The van der Waals surface area contributed by atoms with E-state index in [9.17, 15) is 0 Å². The SMILES string of the molecule is C=C/C=C\C(=C/C)CCCC(CC)C(/C=C\C)=C/C. The average Bonchev–Trinajstić information content (AvgIpc) is 2.45. The van der Waals surface area contributed by atoms with Crippen LogP contribution in [0.5, 0.6) is 0 Å². The van der Waals surface area contributed by atoms with Gasteiger partial charge in [-0.1, -0.05) is 61.6 Å². The fourth-order valence-corrected chi connectivity index (χ4v) is 2.34. The molecule has 0 N–H and O–H groups in total. The van der Waals surface area contributed by atoms with Gasteiger partial charge in [0.2, 0.25) is 0 Å². The molecule has 0 saturated heterocycles. The van der Waals surface area contributed by atoms with E-state index in [1.165, 1.54) is 30.4 Å². The van der Waals surface area contributed by atoms with Crippen LogP contribution in [0.1, 0.15) is 53.4 Å². The fourth-order valence-electron chi connectivity index (χ4n) is 2.34. The van der Waals surface area contributed by atoms with Gasteiger partial charge in [-0.2, -0.15) is 0 Å². The van der Waals surface area contributed by atoms with Crippen LogP contribution < -0.4 is 0 Å². The first kappa shape index (κ1) is 17.7. The zero-order valence-electron chi connectivity index (χ0n) is 13.2. The summed E-state index contributed by atoms with van der Waals surface area (Å²) in [4.78, 5) is 0. The monoisotopic (exact) mass is 258 g/mol. The molecule has 0 aliphatic carbocycles. The Morgan fingerprint density at radius 2 is 1.84 bits per heavy atom. The molecule has 0 heterocycles. The maximum Gasteiger partial charge on any atom is -0.0168 e. The largest absolute Gasteiger partial charge is 0.0991 e. The highest BCUT2D eigenvalue weighted by Gasteiger charge is 2.09. The summed E-state index contributed by atoms with van der Waals surface area (Å²) in [7, 11) is 0. The summed E-state index contributed by atoms with van der Waals surface area (Å²) >= 11 is 0. The van der Waals surface area contributed by atoms with Gasteiger partial charge in [-0.25, -0.2) is 0 Å². The minimum atomic E-state index is 0.697. The molecule has 0 aromatic rings. The van der Waals surface area contributed by atoms with Gasteiger partial charge in [-0.15, -0.1) is 0 Å². The fraction of sp³-hybridized carbons (Fsp3) is 0.474. The van der Waals surface area contributed by atoms with Gasteiger partial charge >= 0.3 is 0 Å². The summed E-state index contributed by atoms with van der Waals surface area (Å²) in [6, 6.07) is 0. The van der Waals surface area contributed by atoms with Crippen LogP contribution in [0.3, 0.4) is 0 Å². The van der Waals surface area contributed by atoms with Gasteiger partial charge < -0.3 is 0 Å². The zero-order chi connectivity index (χ0) is 14.5. The van der Waals surface area contributed by atoms with Crippen LogP contribution in [0.2, 0.25) is 0 Å². The van der Waals surface area contributed by atoms with E-state index in [0.717, 1.165) is 6.42 Å². The molecule has 0 radical (unpaired) electrons. The Bertz CT molecular complexity index is 350. The summed E-state index contributed by atoms with van der Waals surface area (Å²) in [5.74, 6) is 0.697. The highest BCUT2D eigenvalue weighted by Crippen LogP contribution is 2.24. The van der Waals surface area contributed by atoms with Crippen molar-refractivity contribution in [1.29, 1.82) is 0 Å². The van der Waals surface area contributed by atoms with Crippen molar-refractivity contribution in [2.45, 2.75) is 53.4 Å². The number of allylic oxidation sites excluding steroid dienone is 9. The number of rotatable bonds is 9. The summed E-state index contributed by atoms with van der Waals surface area (Å²) in [6.45, 7) is 12.3. The average molecular weight is 258 g/mol. The molecule has 0 spiro atoms. The van der Waals surface area contributed by atoms with Gasteiger partial charge in [0, 0.05) is 0 Å². The third kappa shape index (κ3) is 7.66. The lowest BCUT2D eigenvalue weighted by molar-refractivity contribution is 0.528. The van der Waals surface area contributed by atoms with Crippen molar-refractivity contribution in [3.05, 3.63) is 60.3 Å². The van der Waals surface area contributed by atoms with Gasteiger partial charge in [0.1, 0.15) is 0 Å². The minimum Gasteiger partial charge on any atom is -0.0991 e. The Balaban J connectivity index is 4.36. The lowest BCUT2D eigenvalue weighted by Crippen LogP contribution is -2.01. The molecule has 0 amide bonds. The van der Waals surface area contributed by atoms with E-state index < -0.39 is 0 Å². The molecule has 19 heavy (non-hydrogen) atoms. The quantitative estimate of drug-likeness (QED) is 0.420. The van der Waals surface area contributed by atoms with Gasteiger partial charge in [0.25, 0.3) is 0 Å². The molecule has 0 nitrogen and oxygen atoms in total. The van der Waals surface area contributed by atoms with Crippen molar-refractivity contribution in [3.8, 4) is 0 Å². The second-order valence-electron chi connectivity index (χ2n) is 4.74. The van der Waals surface area contributed by atoms with E-state index in [1.807, 2.05) is 12.2 Å². The van der Waals surface area contributed by atoms with Crippen molar-refractivity contribution < 1.29 is 0 Å². The molecule has 0 heteroatoms. The molecule has 0 aliphatic heterocycles. The molecule has 106 valence electrons. The number of hydrogen-bond acceptors (Lipinski definition) is 0. The summed E-state index contributed by atoms with van der Waals surface area (Å²) < 4.78 is 0. The third-order valence-electron chi connectivity index (χ3n) is 3.49. The first-order valence-corrected chi connectivity index (χ1v) is 7.46. The van der Waals surface area contributed by atoms with Crippen LogP contribution in [0, 0.1) is 5.92 Å². The van der Waals surface area contributed by atoms with Crippen LogP contribution in [-0.2, 0) is 0 Å². The van der Waals surface area contributed by atoms with E-state index in [-0.39, 0.29) is 0 Å². The lowest BCUT2D eigenvalue weighted by Gasteiger charge is -2.16. The molecule has 0 aliphatic rings. The van der Waals surface area contributed by atoms with Gasteiger partial charge in [0.15, 0.2) is 0 Å². The van der Waals surface area contributed by atoms with E-state index in [0.29, 0.717) is 5.92 Å². The van der Waals surface area contributed by atoms with E-state index in [4.69, 9.17) is 0 Å². The van der Waals surface area contributed by atoms with Crippen molar-refractivity contribution in [2.24, 2.45) is 5.92 Å². The second kappa shape index (κ2) is 11.8. The molecular weight excluding hydrogens is 228 g/mol. The molecule has 0 saturated carbocycles. The maximum absolute atomic E-state index is 3.71. The van der Waals surface area contributed by atoms with Crippen LogP contribution in [0.15, 0.2) is 60.3 Å². The molecule has 0 fully saturated rings. The molecule has 0 rings (SSSR count). The minimum absolute atomic E-state index is 0.697. The molecular formula is C19H30.